The monoisotopic (exact) mass is 445 g/mol. The van der Waals surface area contributed by atoms with Crippen LogP contribution in [0.3, 0.4) is 0 Å². The molecule has 2 aromatic carbocycles. The highest BCUT2D eigenvalue weighted by molar-refractivity contribution is 7.99. The predicted octanol–water partition coefficient (Wildman–Crippen LogP) is 4.48. The fourth-order valence-corrected chi connectivity index (χ4v) is 3.95. The molecular weight excluding hydrogens is 422 g/mol. The molecule has 30 heavy (non-hydrogen) atoms. The Morgan fingerprint density at radius 2 is 1.77 bits per heavy atom. The van der Waals surface area contributed by atoms with Crippen LogP contribution >= 0.6 is 11.8 Å². The highest BCUT2D eigenvalue weighted by Crippen LogP contribution is 2.42. The molecule has 9 heteroatoms. The Labute approximate surface area is 176 Å². The van der Waals surface area contributed by atoms with E-state index in [-0.39, 0.29) is 29.1 Å². The molecule has 2 rings (SSSR count). The van der Waals surface area contributed by atoms with E-state index < -0.39 is 36.0 Å². The number of alkyl halides is 3. The van der Waals surface area contributed by atoms with Crippen molar-refractivity contribution in [2.75, 3.05) is 11.5 Å². The van der Waals surface area contributed by atoms with Crippen LogP contribution in [0, 0.1) is 12.7 Å². The minimum atomic E-state index is -4.92. The molecule has 4 nitrogen and oxygen atoms in total. The smallest absolute Gasteiger partial charge is 0.421 e. The van der Waals surface area contributed by atoms with Crippen LogP contribution in [-0.2, 0) is 10.4 Å². The zero-order valence-electron chi connectivity index (χ0n) is 16.2. The molecule has 0 radical (unpaired) electrons. The van der Waals surface area contributed by atoms with E-state index in [1.807, 2.05) is 0 Å². The number of aliphatic carboxylic acids is 1. The molecule has 0 aliphatic heterocycles. The molecule has 2 atom stereocenters. The van der Waals surface area contributed by atoms with Gasteiger partial charge in [-0.1, -0.05) is 36.4 Å². The number of hydrogen-bond donors (Lipinski definition) is 3. The summed E-state index contributed by atoms with van der Waals surface area (Å²) in [4.78, 5) is 10.7. The first-order valence-electron chi connectivity index (χ1n) is 9.18. The molecular formula is C21H23F4NO3S. The molecule has 0 aliphatic carbocycles. The number of carboxylic acid groups (broad SMARTS) is 1. The Bertz CT molecular complexity index is 874. The summed E-state index contributed by atoms with van der Waals surface area (Å²) in [5.74, 6) is -1.44. The number of aliphatic hydroxyl groups is 1. The zero-order chi connectivity index (χ0) is 22.5. The van der Waals surface area contributed by atoms with E-state index >= 15 is 0 Å². The fraction of sp³-hybridized carbons (Fsp3) is 0.381. The van der Waals surface area contributed by atoms with E-state index in [1.165, 1.54) is 18.2 Å². The molecule has 0 amide bonds. The molecule has 2 unspecified atom stereocenters. The van der Waals surface area contributed by atoms with Crippen LogP contribution in [0.5, 0.6) is 0 Å². The first-order valence-corrected chi connectivity index (χ1v) is 10.3. The lowest BCUT2D eigenvalue weighted by Crippen LogP contribution is -2.42. The summed E-state index contributed by atoms with van der Waals surface area (Å²) in [7, 11) is 0. The van der Waals surface area contributed by atoms with Gasteiger partial charge in [0.1, 0.15) is 11.9 Å². The molecule has 0 spiro atoms. The van der Waals surface area contributed by atoms with Gasteiger partial charge < -0.3 is 15.9 Å². The maximum atomic E-state index is 14.1. The number of thioether (sulfide) groups is 1. The van der Waals surface area contributed by atoms with Gasteiger partial charge in [-0.25, -0.2) is 4.39 Å². The number of nitrogens with two attached hydrogens (primary N) is 1. The van der Waals surface area contributed by atoms with E-state index in [0.29, 0.717) is 5.56 Å². The molecule has 2 aromatic rings. The lowest BCUT2D eigenvalue weighted by Gasteiger charge is -2.31. The largest absolute Gasteiger partial charge is 0.480 e. The van der Waals surface area contributed by atoms with Crippen LogP contribution in [-0.4, -0.2) is 39.9 Å². The summed E-state index contributed by atoms with van der Waals surface area (Å²) in [6.07, 6.45) is -5.41. The van der Waals surface area contributed by atoms with Gasteiger partial charge in [0.2, 0.25) is 0 Å². The van der Waals surface area contributed by atoms with Crippen molar-refractivity contribution in [1.29, 1.82) is 0 Å². The molecule has 0 aromatic heterocycles. The molecule has 0 heterocycles. The SMILES string of the molecule is Cc1ccc(-c2ccc(C(O)(CCSCCC(N)C(=O)O)C(F)(F)F)cc2)c(F)c1. The van der Waals surface area contributed by atoms with Crippen LogP contribution in [0.25, 0.3) is 11.1 Å². The van der Waals surface area contributed by atoms with Crippen molar-refractivity contribution in [3.05, 3.63) is 59.4 Å². The molecule has 0 fully saturated rings. The summed E-state index contributed by atoms with van der Waals surface area (Å²) in [5.41, 5.74) is 3.33. The van der Waals surface area contributed by atoms with Crippen LogP contribution in [0.1, 0.15) is 24.0 Å². The Hall–Kier alpha value is -2.10. The van der Waals surface area contributed by atoms with E-state index in [4.69, 9.17) is 10.8 Å². The van der Waals surface area contributed by atoms with E-state index in [2.05, 4.69) is 0 Å². The maximum absolute atomic E-state index is 14.1. The third-order valence-corrected chi connectivity index (χ3v) is 5.78. The summed E-state index contributed by atoms with van der Waals surface area (Å²) < 4.78 is 55.1. The van der Waals surface area contributed by atoms with Crippen LogP contribution in [0.4, 0.5) is 17.6 Å². The molecule has 0 saturated carbocycles. The molecule has 0 saturated heterocycles. The first kappa shape index (κ1) is 24.2. The average molecular weight is 445 g/mol. The molecule has 0 bridgehead atoms. The topological polar surface area (TPSA) is 83.5 Å². The zero-order valence-corrected chi connectivity index (χ0v) is 17.1. The van der Waals surface area contributed by atoms with Crippen molar-refractivity contribution in [2.24, 2.45) is 5.73 Å². The third kappa shape index (κ3) is 5.74. The number of halogens is 4. The van der Waals surface area contributed by atoms with E-state index in [1.54, 1.807) is 19.1 Å². The van der Waals surface area contributed by atoms with Gasteiger partial charge in [-0.15, -0.1) is 0 Å². The average Bonchev–Trinajstić information content (AvgIpc) is 2.66. The first-order chi connectivity index (χ1) is 14.0. The van der Waals surface area contributed by atoms with Gasteiger partial charge in [-0.2, -0.15) is 24.9 Å². The van der Waals surface area contributed by atoms with Gasteiger partial charge in [-0.05, 0) is 54.0 Å². The number of carboxylic acids is 1. The second-order valence-corrected chi connectivity index (χ2v) is 8.24. The number of rotatable bonds is 9. The van der Waals surface area contributed by atoms with Crippen molar-refractivity contribution in [2.45, 2.75) is 37.6 Å². The van der Waals surface area contributed by atoms with E-state index in [9.17, 15) is 27.5 Å². The number of aryl methyl sites for hydroxylation is 1. The van der Waals surface area contributed by atoms with Gasteiger partial charge in [0.15, 0.2) is 5.60 Å². The van der Waals surface area contributed by atoms with Crippen LogP contribution in [0.15, 0.2) is 42.5 Å². The van der Waals surface area contributed by atoms with Crippen molar-refractivity contribution in [3.8, 4) is 11.1 Å². The summed E-state index contributed by atoms with van der Waals surface area (Å²) in [5, 5.41) is 19.1. The second-order valence-electron chi connectivity index (χ2n) is 7.01. The van der Waals surface area contributed by atoms with E-state index in [0.717, 1.165) is 29.5 Å². The number of carbonyl (C=O) groups is 1. The summed E-state index contributed by atoms with van der Waals surface area (Å²) in [6.45, 7) is 1.73. The predicted molar refractivity (Wildman–Crippen MR) is 109 cm³/mol. The van der Waals surface area contributed by atoms with Gasteiger partial charge in [0, 0.05) is 5.56 Å². The maximum Gasteiger partial charge on any atom is 0.421 e. The van der Waals surface area contributed by atoms with Crippen molar-refractivity contribution in [3.63, 3.8) is 0 Å². The molecule has 164 valence electrons. The minimum absolute atomic E-state index is 0.0449. The number of benzene rings is 2. The molecule has 4 N–H and O–H groups in total. The lowest BCUT2D eigenvalue weighted by atomic mass is 9.89. The fourth-order valence-electron chi connectivity index (χ4n) is 2.89. The number of hydrogen-bond acceptors (Lipinski definition) is 4. The minimum Gasteiger partial charge on any atom is -0.480 e. The lowest BCUT2D eigenvalue weighted by molar-refractivity contribution is -0.267. The quantitative estimate of drug-likeness (QED) is 0.392. The Balaban J connectivity index is 2.13. The Kier molecular flexibility index (Phi) is 7.90. The highest BCUT2D eigenvalue weighted by atomic mass is 32.2. The Morgan fingerprint density at radius 3 is 2.30 bits per heavy atom. The summed E-state index contributed by atoms with van der Waals surface area (Å²) in [6, 6.07) is 8.49. The van der Waals surface area contributed by atoms with Crippen molar-refractivity contribution >= 4 is 17.7 Å². The van der Waals surface area contributed by atoms with Crippen molar-refractivity contribution in [1.82, 2.24) is 0 Å². The van der Waals surface area contributed by atoms with Gasteiger partial charge in [0.25, 0.3) is 0 Å². The molecule has 0 aliphatic rings. The van der Waals surface area contributed by atoms with Crippen molar-refractivity contribution < 1.29 is 32.6 Å². The normalized spacial score (nSPS) is 14.9. The third-order valence-electron chi connectivity index (χ3n) is 4.77. The summed E-state index contributed by atoms with van der Waals surface area (Å²) >= 11 is 1.09. The van der Waals surface area contributed by atoms with Gasteiger partial charge >= 0.3 is 12.1 Å². The van der Waals surface area contributed by atoms with Gasteiger partial charge in [0.05, 0.1) is 0 Å². The van der Waals surface area contributed by atoms with Crippen LogP contribution in [0.2, 0.25) is 0 Å². The highest BCUT2D eigenvalue weighted by Gasteiger charge is 2.54. The Morgan fingerprint density at radius 1 is 1.13 bits per heavy atom. The second kappa shape index (κ2) is 9.80. The van der Waals surface area contributed by atoms with Gasteiger partial charge in [-0.3, -0.25) is 4.79 Å². The standard InChI is InChI=1S/C21H23F4NO3S/c1-13-2-7-16(17(22)12-13)14-3-5-15(6-4-14)20(29,21(23,24)25)9-11-30-10-8-18(26)19(27)28/h2-7,12,18,29H,8-11,26H2,1H3,(H,27,28). The van der Waals surface area contributed by atoms with Crippen LogP contribution < -0.4 is 5.73 Å².